The lowest BCUT2D eigenvalue weighted by molar-refractivity contribution is 0.212. The number of nitrogens with zero attached hydrogens (tertiary/aromatic N) is 1. The summed E-state index contributed by atoms with van der Waals surface area (Å²) in [5, 5.41) is 1.41. The molecule has 3 aromatic rings. The van der Waals surface area contributed by atoms with Crippen molar-refractivity contribution in [1.29, 1.82) is 0 Å². The van der Waals surface area contributed by atoms with Gasteiger partial charge in [-0.3, -0.25) is 0 Å². The van der Waals surface area contributed by atoms with Crippen LogP contribution in [0.15, 0.2) is 48.5 Å². The summed E-state index contributed by atoms with van der Waals surface area (Å²) in [5.74, 6) is 0. The Balaban J connectivity index is 1.73. The van der Waals surface area contributed by atoms with Gasteiger partial charge >= 0.3 is 0 Å². The van der Waals surface area contributed by atoms with Crippen LogP contribution in [0.1, 0.15) is 35.7 Å². The van der Waals surface area contributed by atoms with Gasteiger partial charge in [0.1, 0.15) is 0 Å². The monoisotopic (exact) mass is 318 g/mol. The number of hydrogen-bond acceptors (Lipinski definition) is 1. The summed E-state index contributed by atoms with van der Waals surface area (Å²) in [6, 6.07) is 17.6. The van der Waals surface area contributed by atoms with Crippen LogP contribution in [0, 0.1) is 6.92 Å². The first-order chi connectivity index (χ1) is 11.5. The minimum atomic E-state index is 0.172. The van der Waals surface area contributed by atoms with E-state index in [1.54, 1.807) is 0 Å². The second kappa shape index (κ2) is 5.78. The van der Waals surface area contributed by atoms with E-state index in [-0.39, 0.29) is 5.41 Å². The van der Waals surface area contributed by atoms with Gasteiger partial charge in [0.15, 0.2) is 0 Å². The maximum absolute atomic E-state index is 3.76. The molecule has 24 heavy (non-hydrogen) atoms. The molecular formula is C22H26N2. The van der Waals surface area contributed by atoms with Gasteiger partial charge in [0.2, 0.25) is 0 Å². The molecule has 4 rings (SSSR count). The molecule has 0 saturated carbocycles. The quantitative estimate of drug-likeness (QED) is 0.734. The number of rotatable bonds is 3. The van der Waals surface area contributed by atoms with Crippen LogP contribution in [0.5, 0.6) is 0 Å². The minimum absolute atomic E-state index is 0.172. The standard InChI is InChI=1S/C22H26N2/c1-16-9-10-20-18(13-16)19-14-24(3)15-22(2,21(19)23-20)12-11-17-7-5-4-6-8-17/h4-10,13,23H,11-12,14-15H2,1-3H3. The third-order valence-electron chi connectivity index (χ3n) is 5.52. The molecule has 2 nitrogen and oxygen atoms in total. The van der Waals surface area contributed by atoms with Crippen LogP contribution < -0.4 is 0 Å². The molecule has 0 bridgehead atoms. The molecule has 124 valence electrons. The van der Waals surface area contributed by atoms with Crippen molar-refractivity contribution in [2.75, 3.05) is 13.6 Å². The number of aromatic amines is 1. The predicted octanol–water partition coefficient (Wildman–Crippen LogP) is 4.81. The van der Waals surface area contributed by atoms with E-state index in [0.29, 0.717) is 0 Å². The van der Waals surface area contributed by atoms with Gasteiger partial charge in [-0.2, -0.15) is 0 Å². The van der Waals surface area contributed by atoms with Gasteiger partial charge in [0, 0.05) is 35.1 Å². The third-order valence-corrected chi connectivity index (χ3v) is 5.52. The number of hydrogen-bond donors (Lipinski definition) is 1. The van der Waals surface area contributed by atoms with E-state index in [1.165, 1.54) is 39.7 Å². The fraction of sp³-hybridized carbons (Fsp3) is 0.364. The number of nitrogens with one attached hydrogen (secondary N) is 1. The van der Waals surface area contributed by atoms with E-state index >= 15 is 0 Å². The summed E-state index contributed by atoms with van der Waals surface area (Å²) in [6.45, 7) is 6.75. The molecule has 2 heteroatoms. The summed E-state index contributed by atoms with van der Waals surface area (Å²) >= 11 is 0. The van der Waals surface area contributed by atoms with Crippen molar-refractivity contribution in [1.82, 2.24) is 9.88 Å². The summed E-state index contributed by atoms with van der Waals surface area (Å²) in [7, 11) is 2.25. The Morgan fingerprint density at radius 3 is 2.71 bits per heavy atom. The largest absolute Gasteiger partial charge is 0.358 e. The molecule has 1 unspecified atom stereocenters. The van der Waals surface area contributed by atoms with Gasteiger partial charge in [-0.25, -0.2) is 0 Å². The average molecular weight is 318 g/mol. The van der Waals surface area contributed by atoms with Crippen molar-refractivity contribution in [2.45, 2.75) is 38.6 Å². The first-order valence-electron chi connectivity index (χ1n) is 8.89. The highest BCUT2D eigenvalue weighted by Crippen LogP contribution is 2.40. The molecule has 1 N–H and O–H groups in total. The molecule has 0 spiro atoms. The summed E-state index contributed by atoms with van der Waals surface area (Å²) in [6.07, 6.45) is 2.29. The van der Waals surface area contributed by atoms with E-state index in [9.17, 15) is 0 Å². The number of aromatic nitrogens is 1. The van der Waals surface area contributed by atoms with Crippen molar-refractivity contribution in [2.24, 2.45) is 0 Å². The van der Waals surface area contributed by atoms with Crippen LogP contribution >= 0.6 is 0 Å². The van der Waals surface area contributed by atoms with Gasteiger partial charge < -0.3 is 9.88 Å². The highest BCUT2D eigenvalue weighted by molar-refractivity contribution is 5.86. The molecule has 1 aliphatic rings. The van der Waals surface area contributed by atoms with Gasteiger partial charge in [0.05, 0.1) is 0 Å². The average Bonchev–Trinajstić information content (AvgIpc) is 2.93. The van der Waals surface area contributed by atoms with Gasteiger partial charge in [-0.1, -0.05) is 48.9 Å². The van der Waals surface area contributed by atoms with Crippen LogP contribution in [-0.2, 0) is 18.4 Å². The second-order valence-electron chi connectivity index (χ2n) is 7.75. The molecule has 1 aromatic heterocycles. The van der Waals surface area contributed by atoms with Crippen molar-refractivity contribution in [3.63, 3.8) is 0 Å². The lowest BCUT2D eigenvalue weighted by Gasteiger charge is -2.39. The van der Waals surface area contributed by atoms with E-state index in [4.69, 9.17) is 0 Å². The zero-order chi connectivity index (χ0) is 16.7. The van der Waals surface area contributed by atoms with Gasteiger partial charge in [0.25, 0.3) is 0 Å². The van der Waals surface area contributed by atoms with Crippen molar-refractivity contribution in [3.05, 3.63) is 70.9 Å². The van der Waals surface area contributed by atoms with Gasteiger partial charge in [-0.05, 0) is 50.1 Å². The topological polar surface area (TPSA) is 19.0 Å². The third kappa shape index (κ3) is 2.65. The maximum atomic E-state index is 3.76. The first-order valence-corrected chi connectivity index (χ1v) is 8.89. The Morgan fingerprint density at radius 2 is 1.92 bits per heavy atom. The summed E-state index contributed by atoms with van der Waals surface area (Å²) < 4.78 is 0. The number of fused-ring (bicyclic) bond motifs is 3. The van der Waals surface area contributed by atoms with E-state index in [1.807, 2.05) is 0 Å². The van der Waals surface area contributed by atoms with Crippen LogP contribution in [0.25, 0.3) is 10.9 Å². The molecule has 0 fully saturated rings. The molecule has 0 radical (unpaired) electrons. The highest BCUT2D eigenvalue weighted by Gasteiger charge is 2.36. The molecule has 2 heterocycles. The Hall–Kier alpha value is -2.06. The van der Waals surface area contributed by atoms with Crippen LogP contribution in [0.4, 0.5) is 0 Å². The normalized spacial score (nSPS) is 21.1. The first kappa shape index (κ1) is 15.5. The SMILES string of the molecule is Cc1ccc2[nH]c3c(c2c1)CN(C)CC3(C)CCc1ccccc1. The predicted molar refractivity (Wildman–Crippen MR) is 101 cm³/mol. The van der Waals surface area contributed by atoms with Crippen molar-refractivity contribution >= 4 is 10.9 Å². The Bertz CT molecular complexity index is 862. The fourth-order valence-corrected chi connectivity index (χ4v) is 4.31. The Kier molecular flexibility index (Phi) is 3.73. The zero-order valence-corrected chi connectivity index (χ0v) is 14.9. The number of H-pyrrole nitrogens is 1. The molecule has 1 atom stereocenters. The molecule has 1 aliphatic heterocycles. The van der Waals surface area contributed by atoms with Crippen LogP contribution in [-0.4, -0.2) is 23.5 Å². The Morgan fingerprint density at radius 1 is 1.12 bits per heavy atom. The molecule has 0 aliphatic carbocycles. The number of benzene rings is 2. The summed E-state index contributed by atoms with van der Waals surface area (Å²) in [4.78, 5) is 6.24. The highest BCUT2D eigenvalue weighted by atomic mass is 15.1. The second-order valence-corrected chi connectivity index (χ2v) is 7.75. The molecule has 0 saturated heterocycles. The number of likely N-dealkylation sites (N-methyl/N-ethyl adjacent to an activating group) is 1. The van der Waals surface area contributed by atoms with Crippen molar-refractivity contribution < 1.29 is 0 Å². The lowest BCUT2D eigenvalue weighted by Crippen LogP contribution is -2.42. The van der Waals surface area contributed by atoms with E-state index < -0.39 is 0 Å². The Labute approximate surface area is 144 Å². The maximum Gasteiger partial charge on any atom is 0.0459 e. The molecular weight excluding hydrogens is 292 g/mol. The van der Waals surface area contributed by atoms with E-state index in [2.05, 4.69) is 79.3 Å². The van der Waals surface area contributed by atoms with E-state index in [0.717, 1.165) is 19.5 Å². The van der Waals surface area contributed by atoms with Crippen molar-refractivity contribution in [3.8, 4) is 0 Å². The number of aryl methyl sites for hydroxylation is 2. The lowest BCUT2D eigenvalue weighted by atomic mass is 9.76. The fourth-order valence-electron chi connectivity index (χ4n) is 4.31. The summed E-state index contributed by atoms with van der Waals surface area (Å²) in [5.41, 5.74) is 7.18. The minimum Gasteiger partial charge on any atom is -0.358 e. The van der Waals surface area contributed by atoms with Crippen LogP contribution in [0.2, 0.25) is 0 Å². The molecule has 0 amide bonds. The molecule has 2 aromatic carbocycles. The zero-order valence-electron chi connectivity index (χ0n) is 14.9. The smallest absolute Gasteiger partial charge is 0.0459 e. The van der Waals surface area contributed by atoms with Gasteiger partial charge in [-0.15, -0.1) is 0 Å². The van der Waals surface area contributed by atoms with Crippen LogP contribution in [0.3, 0.4) is 0 Å².